The molecule has 0 bridgehead atoms. The summed E-state index contributed by atoms with van der Waals surface area (Å²) in [5, 5.41) is 12.7. The molecule has 4 nitrogen and oxygen atoms in total. The van der Waals surface area contributed by atoms with E-state index in [0.29, 0.717) is 22.6 Å². The first-order valence-corrected chi connectivity index (χ1v) is 7.60. The van der Waals surface area contributed by atoms with E-state index in [-0.39, 0.29) is 11.7 Å². The summed E-state index contributed by atoms with van der Waals surface area (Å²) in [6, 6.07) is 21.7. The van der Waals surface area contributed by atoms with Crippen molar-refractivity contribution < 1.29 is 9.90 Å². The van der Waals surface area contributed by atoms with Crippen LogP contribution in [-0.2, 0) is 0 Å². The zero-order valence-electron chi connectivity index (χ0n) is 12.7. The molecular formula is C20H14N2O2. The molecule has 1 aliphatic heterocycles. The summed E-state index contributed by atoms with van der Waals surface area (Å²) in [4.78, 5) is 17.4. The average Bonchev–Trinajstić information content (AvgIpc) is 2.59. The molecule has 3 aromatic carbocycles. The van der Waals surface area contributed by atoms with Crippen molar-refractivity contribution in [2.75, 3.05) is 5.32 Å². The minimum absolute atomic E-state index is 0.160. The van der Waals surface area contributed by atoms with Crippen molar-refractivity contribution >= 4 is 23.0 Å². The quantitative estimate of drug-likeness (QED) is 0.709. The van der Waals surface area contributed by atoms with Crippen LogP contribution < -0.4 is 5.32 Å². The Morgan fingerprint density at radius 2 is 1.58 bits per heavy atom. The van der Waals surface area contributed by atoms with Gasteiger partial charge >= 0.3 is 0 Å². The number of fused-ring (bicyclic) bond motifs is 2. The van der Waals surface area contributed by atoms with E-state index in [9.17, 15) is 9.90 Å². The number of rotatable bonds is 1. The van der Waals surface area contributed by atoms with Gasteiger partial charge < -0.3 is 10.4 Å². The van der Waals surface area contributed by atoms with E-state index in [4.69, 9.17) is 4.99 Å². The third-order valence-electron chi connectivity index (χ3n) is 3.93. The van der Waals surface area contributed by atoms with E-state index in [2.05, 4.69) is 5.32 Å². The number of aromatic hydroxyl groups is 1. The van der Waals surface area contributed by atoms with Crippen LogP contribution in [0.2, 0.25) is 0 Å². The summed E-state index contributed by atoms with van der Waals surface area (Å²) in [5.41, 5.74) is 4.04. The van der Waals surface area contributed by atoms with Crippen molar-refractivity contribution in [2.24, 2.45) is 4.99 Å². The second-order valence-electron chi connectivity index (χ2n) is 5.53. The lowest BCUT2D eigenvalue weighted by Crippen LogP contribution is -2.19. The SMILES string of the molecule is O=C1Nc2ccccc2N=C(c2cccc(O)c2)c2ccccc21. The second-order valence-corrected chi connectivity index (χ2v) is 5.53. The lowest BCUT2D eigenvalue weighted by molar-refractivity contribution is 0.102. The highest BCUT2D eigenvalue weighted by molar-refractivity contribution is 6.22. The van der Waals surface area contributed by atoms with Crippen LogP contribution in [0.4, 0.5) is 11.4 Å². The Labute approximate surface area is 139 Å². The standard InChI is InChI=1S/C20H14N2O2/c23-14-7-5-6-13(12-14)19-15-8-1-2-9-16(15)20(24)22-18-11-4-3-10-17(18)21-19/h1-12,23H,(H,22,24). The molecule has 0 fully saturated rings. The lowest BCUT2D eigenvalue weighted by Gasteiger charge is -2.18. The van der Waals surface area contributed by atoms with E-state index < -0.39 is 0 Å². The van der Waals surface area contributed by atoms with Crippen LogP contribution in [0.5, 0.6) is 5.75 Å². The Bertz CT molecular complexity index is 977. The number of para-hydroxylation sites is 2. The van der Waals surface area contributed by atoms with Gasteiger partial charge in [0.2, 0.25) is 0 Å². The first-order chi connectivity index (χ1) is 11.7. The smallest absolute Gasteiger partial charge is 0.256 e. The van der Waals surface area contributed by atoms with Gasteiger partial charge in [0, 0.05) is 16.7 Å². The molecule has 1 amide bonds. The molecule has 4 heteroatoms. The summed E-state index contributed by atoms with van der Waals surface area (Å²) < 4.78 is 0. The van der Waals surface area contributed by atoms with Crippen molar-refractivity contribution in [2.45, 2.75) is 0 Å². The van der Waals surface area contributed by atoms with Gasteiger partial charge in [0.1, 0.15) is 5.75 Å². The molecule has 116 valence electrons. The predicted molar refractivity (Wildman–Crippen MR) is 94.2 cm³/mol. The largest absolute Gasteiger partial charge is 0.508 e. The van der Waals surface area contributed by atoms with E-state index in [1.165, 1.54) is 0 Å². The van der Waals surface area contributed by atoms with Crippen LogP contribution in [0, 0.1) is 0 Å². The number of carbonyl (C=O) groups is 1. The Balaban J connectivity index is 2.04. The molecule has 0 aliphatic carbocycles. The molecule has 0 aromatic heterocycles. The van der Waals surface area contributed by atoms with Gasteiger partial charge in [-0.25, -0.2) is 4.99 Å². The number of nitrogens with one attached hydrogen (secondary N) is 1. The predicted octanol–water partition coefficient (Wildman–Crippen LogP) is 4.13. The number of amides is 1. The van der Waals surface area contributed by atoms with Crippen molar-refractivity contribution in [3.63, 3.8) is 0 Å². The highest BCUT2D eigenvalue weighted by atomic mass is 16.3. The van der Waals surface area contributed by atoms with Gasteiger partial charge in [-0.15, -0.1) is 0 Å². The van der Waals surface area contributed by atoms with E-state index >= 15 is 0 Å². The number of phenolic OH excluding ortho intramolecular Hbond substituents is 1. The van der Waals surface area contributed by atoms with Gasteiger partial charge in [0.05, 0.1) is 17.1 Å². The number of hydrogen-bond donors (Lipinski definition) is 2. The number of benzene rings is 3. The number of nitrogens with zero attached hydrogens (tertiary/aromatic N) is 1. The Morgan fingerprint density at radius 1 is 0.833 bits per heavy atom. The van der Waals surface area contributed by atoms with Crippen LogP contribution in [0.1, 0.15) is 21.5 Å². The van der Waals surface area contributed by atoms with Crippen LogP contribution in [0.15, 0.2) is 77.8 Å². The van der Waals surface area contributed by atoms with Crippen molar-refractivity contribution in [3.8, 4) is 5.75 Å². The fourth-order valence-electron chi connectivity index (χ4n) is 2.81. The molecule has 0 atom stereocenters. The van der Waals surface area contributed by atoms with Crippen molar-refractivity contribution in [3.05, 3.63) is 89.5 Å². The fourth-order valence-corrected chi connectivity index (χ4v) is 2.81. The van der Waals surface area contributed by atoms with Crippen molar-refractivity contribution in [1.29, 1.82) is 0 Å². The molecule has 0 radical (unpaired) electrons. The van der Waals surface area contributed by atoms with Crippen LogP contribution >= 0.6 is 0 Å². The maximum atomic E-state index is 12.6. The zero-order chi connectivity index (χ0) is 16.5. The number of hydrogen-bond acceptors (Lipinski definition) is 3. The average molecular weight is 314 g/mol. The maximum Gasteiger partial charge on any atom is 0.256 e. The topological polar surface area (TPSA) is 61.7 Å². The summed E-state index contributed by atoms with van der Waals surface area (Å²) in [6.45, 7) is 0. The molecular weight excluding hydrogens is 300 g/mol. The molecule has 1 heterocycles. The monoisotopic (exact) mass is 314 g/mol. The Morgan fingerprint density at radius 3 is 2.42 bits per heavy atom. The van der Waals surface area contributed by atoms with Crippen molar-refractivity contribution in [1.82, 2.24) is 0 Å². The van der Waals surface area contributed by atoms with Gasteiger partial charge in [-0.05, 0) is 30.3 Å². The number of phenols is 1. The zero-order valence-corrected chi connectivity index (χ0v) is 12.7. The summed E-state index contributed by atoms with van der Waals surface area (Å²) in [7, 11) is 0. The minimum Gasteiger partial charge on any atom is -0.508 e. The molecule has 4 rings (SSSR count). The van der Waals surface area contributed by atoms with Crippen LogP contribution in [0.25, 0.3) is 0 Å². The first-order valence-electron chi connectivity index (χ1n) is 7.60. The number of carbonyl (C=O) groups excluding carboxylic acids is 1. The molecule has 0 saturated carbocycles. The number of aliphatic imine (C=N–C) groups is 1. The highest BCUT2D eigenvalue weighted by Crippen LogP contribution is 2.31. The Kier molecular flexibility index (Phi) is 3.35. The molecule has 1 aliphatic rings. The van der Waals surface area contributed by atoms with E-state index in [1.807, 2.05) is 48.5 Å². The van der Waals surface area contributed by atoms with Gasteiger partial charge in [-0.3, -0.25) is 4.79 Å². The van der Waals surface area contributed by atoms with Crippen LogP contribution in [-0.4, -0.2) is 16.7 Å². The second kappa shape index (κ2) is 5.66. The fraction of sp³-hybridized carbons (Fsp3) is 0. The summed E-state index contributed by atoms with van der Waals surface area (Å²) in [6.07, 6.45) is 0. The third kappa shape index (κ3) is 2.44. The van der Waals surface area contributed by atoms with Gasteiger partial charge in [-0.2, -0.15) is 0 Å². The maximum absolute atomic E-state index is 12.6. The molecule has 0 saturated heterocycles. The van der Waals surface area contributed by atoms with E-state index in [1.54, 1.807) is 24.3 Å². The number of anilines is 1. The molecule has 0 unspecified atom stereocenters. The Hall–Kier alpha value is -3.40. The van der Waals surface area contributed by atoms with Gasteiger partial charge in [-0.1, -0.05) is 42.5 Å². The molecule has 2 N–H and O–H groups in total. The summed E-state index contributed by atoms with van der Waals surface area (Å²) in [5.74, 6) is -0.0157. The van der Waals surface area contributed by atoms with E-state index in [0.717, 1.165) is 11.1 Å². The third-order valence-corrected chi connectivity index (χ3v) is 3.93. The van der Waals surface area contributed by atoms with Crippen LogP contribution in [0.3, 0.4) is 0 Å². The normalized spacial score (nSPS) is 13.0. The molecule has 3 aromatic rings. The lowest BCUT2D eigenvalue weighted by atomic mass is 9.95. The molecule has 24 heavy (non-hydrogen) atoms. The highest BCUT2D eigenvalue weighted by Gasteiger charge is 2.20. The first kappa shape index (κ1) is 14.2. The van der Waals surface area contributed by atoms with Gasteiger partial charge in [0.25, 0.3) is 5.91 Å². The minimum atomic E-state index is -0.175. The summed E-state index contributed by atoms with van der Waals surface area (Å²) >= 11 is 0. The molecule has 0 spiro atoms. The van der Waals surface area contributed by atoms with Gasteiger partial charge in [0.15, 0.2) is 0 Å².